The van der Waals surface area contributed by atoms with Crippen molar-refractivity contribution in [3.63, 3.8) is 0 Å². The maximum absolute atomic E-state index is 2.46. The Morgan fingerprint density at radius 2 is 1.31 bits per heavy atom. The van der Waals surface area contributed by atoms with Gasteiger partial charge in [0.1, 0.15) is 18.3 Å². The van der Waals surface area contributed by atoms with Gasteiger partial charge in [-0.15, -0.1) is 11.8 Å². The fourth-order valence-electron chi connectivity index (χ4n) is 4.28. The number of rotatable bonds is 16. The van der Waals surface area contributed by atoms with Crippen LogP contribution in [0.15, 0.2) is 73.1 Å². The predicted molar refractivity (Wildman–Crippen MR) is 140 cm³/mol. The van der Waals surface area contributed by atoms with Crippen molar-refractivity contribution in [3.8, 4) is 11.4 Å². The summed E-state index contributed by atoms with van der Waals surface area (Å²) in [5.74, 6) is 3.36. The van der Waals surface area contributed by atoms with E-state index < -0.39 is 0 Å². The first kappa shape index (κ1) is 24.6. The third-order valence-electron chi connectivity index (χ3n) is 6.10. The summed E-state index contributed by atoms with van der Waals surface area (Å²) in [6.45, 7) is 3.40. The van der Waals surface area contributed by atoms with Crippen molar-refractivity contribution in [3.05, 3.63) is 78.6 Å². The number of benzene rings is 2. The molecule has 0 aliphatic heterocycles. The van der Waals surface area contributed by atoms with Crippen LogP contribution in [0.3, 0.4) is 0 Å². The monoisotopic (exact) mass is 449 g/mol. The summed E-state index contributed by atoms with van der Waals surface area (Å²) in [4.78, 5) is 0. The Morgan fingerprint density at radius 3 is 1.97 bits per heavy atom. The van der Waals surface area contributed by atoms with Gasteiger partial charge >= 0.3 is 0 Å². The summed E-state index contributed by atoms with van der Waals surface area (Å²) in [5.41, 5.74) is 2.70. The highest BCUT2D eigenvalue weighted by Gasteiger charge is 2.19. The number of hydrogen-bond acceptors (Lipinski definition) is 1. The van der Waals surface area contributed by atoms with Gasteiger partial charge in [-0.3, -0.25) is 0 Å². The SMILES string of the molecule is CCCCCCCCCCCCn1cc[n+](CSCc2ccccc2)c1-c1ccccc1. The van der Waals surface area contributed by atoms with Crippen molar-refractivity contribution in [1.82, 2.24) is 4.57 Å². The quantitative estimate of drug-likeness (QED) is 0.158. The molecule has 0 aliphatic carbocycles. The summed E-state index contributed by atoms with van der Waals surface area (Å²) in [6.07, 6.45) is 18.4. The number of thioether (sulfide) groups is 1. The van der Waals surface area contributed by atoms with Crippen molar-refractivity contribution in [2.24, 2.45) is 0 Å². The van der Waals surface area contributed by atoms with Gasteiger partial charge in [-0.25, -0.2) is 9.13 Å². The van der Waals surface area contributed by atoms with Gasteiger partial charge in [0.05, 0.1) is 12.1 Å². The minimum Gasteiger partial charge on any atom is -0.230 e. The summed E-state index contributed by atoms with van der Waals surface area (Å²) in [6, 6.07) is 21.6. The van der Waals surface area contributed by atoms with Crippen LogP contribution in [0.1, 0.15) is 76.7 Å². The Balaban J connectivity index is 1.47. The minimum absolute atomic E-state index is 0.976. The van der Waals surface area contributed by atoms with Gasteiger partial charge in [0, 0.05) is 5.75 Å². The number of unbranched alkanes of at least 4 members (excludes halogenated alkanes) is 9. The van der Waals surface area contributed by atoms with Crippen molar-refractivity contribution in [1.29, 1.82) is 0 Å². The lowest BCUT2D eigenvalue weighted by molar-refractivity contribution is -0.664. The molecular weight excluding hydrogens is 408 g/mol. The third-order valence-corrected chi connectivity index (χ3v) is 7.10. The molecule has 1 aromatic heterocycles. The zero-order chi connectivity index (χ0) is 22.3. The van der Waals surface area contributed by atoms with Crippen LogP contribution >= 0.6 is 11.8 Å². The Kier molecular flexibility index (Phi) is 11.5. The lowest BCUT2D eigenvalue weighted by atomic mass is 10.1. The summed E-state index contributed by atoms with van der Waals surface area (Å²) >= 11 is 1.98. The van der Waals surface area contributed by atoms with E-state index >= 15 is 0 Å². The standard InChI is InChI=1S/C29H41N2S/c1-2-3-4-5-6-7-8-9-10-17-22-30-23-24-31(29(30)28-20-15-12-16-21-28)26-32-25-27-18-13-11-14-19-27/h11-16,18-21,23-24H,2-10,17,22,25-26H2,1H3/q+1. The molecular formula is C29H41N2S+. The zero-order valence-electron chi connectivity index (χ0n) is 19.9. The second-order valence-corrected chi connectivity index (χ2v) is 9.75. The topological polar surface area (TPSA) is 8.81 Å². The molecule has 172 valence electrons. The Hall–Kier alpha value is -2.00. The van der Waals surface area contributed by atoms with E-state index in [4.69, 9.17) is 0 Å². The van der Waals surface area contributed by atoms with E-state index in [1.54, 1.807) is 0 Å². The summed E-state index contributed by atoms with van der Waals surface area (Å²) in [5, 5.41) is 0. The van der Waals surface area contributed by atoms with E-state index in [0.29, 0.717) is 0 Å². The highest BCUT2D eigenvalue weighted by Crippen LogP contribution is 2.19. The number of aryl methyl sites for hydroxylation is 1. The van der Waals surface area contributed by atoms with Gasteiger partial charge < -0.3 is 0 Å². The number of nitrogens with zero attached hydrogens (tertiary/aromatic N) is 2. The Labute approximate surface area is 200 Å². The van der Waals surface area contributed by atoms with E-state index in [-0.39, 0.29) is 0 Å². The first-order chi connectivity index (χ1) is 15.9. The lowest BCUT2D eigenvalue weighted by Crippen LogP contribution is -2.33. The Morgan fingerprint density at radius 1 is 0.719 bits per heavy atom. The van der Waals surface area contributed by atoms with E-state index in [2.05, 4.69) is 89.1 Å². The number of aromatic nitrogens is 2. The maximum atomic E-state index is 2.46. The van der Waals surface area contributed by atoms with Gasteiger partial charge in [0.2, 0.25) is 0 Å². The van der Waals surface area contributed by atoms with Crippen molar-refractivity contribution in [2.45, 2.75) is 89.3 Å². The van der Waals surface area contributed by atoms with E-state index in [1.807, 2.05) is 11.8 Å². The number of hydrogen-bond donors (Lipinski definition) is 0. The molecule has 0 radical (unpaired) electrons. The Bertz CT molecular complexity index is 857. The fraction of sp³-hybridized carbons (Fsp3) is 0.483. The molecule has 3 aromatic rings. The highest BCUT2D eigenvalue weighted by molar-refractivity contribution is 7.97. The average Bonchev–Trinajstić information content (AvgIpc) is 3.24. The molecule has 2 nitrogen and oxygen atoms in total. The van der Waals surface area contributed by atoms with Gasteiger partial charge in [-0.2, -0.15) is 0 Å². The molecule has 0 unspecified atom stereocenters. The molecule has 0 saturated carbocycles. The molecule has 1 heterocycles. The van der Waals surface area contributed by atoms with Gasteiger partial charge in [-0.1, -0.05) is 107 Å². The smallest absolute Gasteiger partial charge is 0.230 e. The average molecular weight is 450 g/mol. The second kappa shape index (κ2) is 14.9. The third kappa shape index (κ3) is 8.50. The van der Waals surface area contributed by atoms with Crippen LogP contribution in [0.4, 0.5) is 0 Å². The molecule has 0 amide bonds. The van der Waals surface area contributed by atoms with Crippen LogP contribution in [-0.2, 0) is 18.2 Å². The molecule has 3 heteroatoms. The van der Waals surface area contributed by atoms with Gasteiger partial charge in [0.25, 0.3) is 5.82 Å². The van der Waals surface area contributed by atoms with Crippen LogP contribution in [0, 0.1) is 0 Å². The molecule has 0 bridgehead atoms. The molecule has 0 N–H and O–H groups in total. The second-order valence-electron chi connectivity index (χ2n) is 8.80. The van der Waals surface area contributed by atoms with Crippen molar-refractivity contribution < 1.29 is 4.57 Å². The zero-order valence-corrected chi connectivity index (χ0v) is 20.7. The fourth-order valence-corrected chi connectivity index (χ4v) is 5.20. The van der Waals surface area contributed by atoms with Crippen LogP contribution in [0.25, 0.3) is 11.4 Å². The molecule has 0 fully saturated rings. The van der Waals surface area contributed by atoms with Gasteiger partial charge in [-0.05, 0) is 30.5 Å². The van der Waals surface area contributed by atoms with Crippen molar-refractivity contribution >= 4 is 11.8 Å². The highest BCUT2D eigenvalue weighted by atomic mass is 32.2. The summed E-state index contributed by atoms with van der Waals surface area (Å²) in [7, 11) is 0. The van der Waals surface area contributed by atoms with Crippen LogP contribution in [-0.4, -0.2) is 4.57 Å². The van der Waals surface area contributed by atoms with Crippen LogP contribution in [0.5, 0.6) is 0 Å². The van der Waals surface area contributed by atoms with Crippen LogP contribution in [0.2, 0.25) is 0 Å². The van der Waals surface area contributed by atoms with E-state index in [0.717, 1.165) is 18.2 Å². The molecule has 32 heavy (non-hydrogen) atoms. The van der Waals surface area contributed by atoms with Gasteiger partial charge in [0.15, 0.2) is 0 Å². The van der Waals surface area contributed by atoms with Crippen molar-refractivity contribution in [2.75, 3.05) is 0 Å². The first-order valence-electron chi connectivity index (χ1n) is 12.6. The normalized spacial score (nSPS) is 11.2. The predicted octanol–water partition coefficient (Wildman–Crippen LogP) is 8.25. The molecule has 0 spiro atoms. The van der Waals surface area contributed by atoms with E-state index in [9.17, 15) is 0 Å². The minimum atomic E-state index is 0.976. The van der Waals surface area contributed by atoms with Crippen LogP contribution < -0.4 is 4.57 Å². The largest absolute Gasteiger partial charge is 0.289 e. The molecule has 0 saturated heterocycles. The molecule has 0 atom stereocenters. The maximum Gasteiger partial charge on any atom is 0.289 e. The first-order valence-corrected chi connectivity index (χ1v) is 13.8. The summed E-state index contributed by atoms with van der Waals surface area (Å²) < 4.78 is 4.88. The molecule has 3 rings (SSSR count). The lowest BCUT2D eigenvalue weighted by Gasteiger charge is -2.06. The molecule has 2 aromatic carbocycles. The van der Waals surface area contributed by atoms with E-state index in [1.165, 1.54) is 81.2 Å². The molecule has 0 aliphatic rings. The number of imidazole rings is 1.